The Morgan fingerprint density at radius 3 is 2.18 bits per heavy atom. The van der Waals surface area contributed by atoms with Gasteiger partial charge in [-0.3, -0.25) is 24.6 Å². The number of amides is 3. The van der Waals surface area contributed by atoms with Gasteiger partial charge in [0.05, 0.1) is 0 Å². The standard InChI is InChI=1S/C39H37ClFN3O6/c1-43(22-28-20-27-23-44(39(49)33(27)21-34(28)41)35-14-15-36(47)42-38(35)48)18-19-50-31-12-6-26(7-13-31)37(25-4-10-30(46)11-5-25)32(16-17-40)24-2-8-29(45)9-3-24/h2-13,20-21,35,45-46H,14-19,22-23H2,1H3,(H,42,47,48). The van der Waals surface area contributed by atoms with Gasteiger partial charge in [0, 0.05) is 43.1 Å². The van der Waals surface area contributed by atoms with Crippen LogP contribution in [0.25, 0.3) is 11.1 Å². The van der Waals surface area contributed by atoms with Gasteiger partial charge in [-0.15, -0.1) is 11.6 Å². The number of rotatable bonds is 12. The van der Waals surface area contributed by atoms with Crippen molar-refractivity contribution in [2.45, 2.75) is 38.4 Å². The molecule has 2 aliphatic rings. The van der Waals surface area contributed by atoms with Gasteiger partial charge < -0.3 is 19.8 Å². The van der Waals surface area contributed by atoms with E-state index < -0.39 is 23.7 Å². The van der Waals surface area contributed by atoms with Gasteiger partial charge in [0.15, 0.2) is 0 Å². The number of piperidine rings is 1. The van der Waals surface area contributed by atoms with Crippen molar-refractivity contribution in [1.29, 1.82) is 0 Å². The molecule has 0 bridgehead atoms. The summed E-state index contributed by atoms with van der Waals surface area (Å²) in [4.78, 5) is 40.3. The fourth-order valence-corrected chi connectivity index (χ4v) is 6.67. The minimum Gasteiger partial charge on any atom is -0.508 e. The van der Waals surface area contributed by atoms with Gasteiger partial charge in [0.2, 0.25) is 11.8 Å². The number of phenols is 2. The molecule has 4 aromatic rings. The monoisotopic (exact) mass is 697 g/mol. The Morgan fingerprint density at radius 2 is 1.56 bits per heavy atom. The van der Waals surface area contributed by atoms with Gasteiger partial charge in [-0.1, -0.05) is 36.4 Å². The number of imide groups is 1. The molecule has 4 aromatic carbocycles. The van der Waals surface area contributed by atoms with E-state index in [1.165, 1.54) is 11.0 Å². The Morgan fingerprint density at radius 1 is 0.940 bits per heavy atom. The number of nitrogens with zero attached hydrogens (tertiary/aromatic N) is 2. The van der Waals surface area contributed by atoms with Crippen molar-refractivity contribution in [3.63, 3.8) is 0 Å². The van der Waals surface area contributed by atoms with E-state index in [2.05, 4.69) is 5.32 Å². The number of fused-ring (bicyclic) bond motifs is 1. The smallest absolute Gasteiger partial charge is 0.255 e. The number of allylic oxidation sites excluding steroid dienone is 1. The first-order valence-corrected chi connectivity index (χ1v) is 16.9. The Bertz CT molecular complexity index is 1930. The SMILES string of the molecule is CN(CCOc1ccc(C(=C(CCCl)c2ccc(O)cc2)c2ccc(O)cc2)cc1)Cc1cc2c(cc1F)C(=O)N(C1CCC(=O)NC1=O)C2. The molecule has 2 heterocycles. The predicted octanol–water partition coefficient (Wildman–Crippen LogP) is 6.10. The second kappa shape index (κ2) is 15.1. The highest BCUT2D eigenvalue weighted by atomic mass is 35.5. The van der Waals surface area contributed by atoms with Crippen LogP contribution in [0.3, 0.4) is 0 Å². The Balaban J connectivity index is 1.11. The zero-order chi connectivity index (χ0) is 35.4. The summed E-state index contributed by atoms with van der Waals surface area (Å²) in [6.45, 7) is 1.31. The largest absolute Gasteiger partial charge is 0.508 e. The van der Waals surface area contributed by atoms with Crippen LogP contribution >= 0.6 is 11.6 Å². The zero-order valence-corrected chi connectivity index (χ0v) is 28.3. The number of hydrogen-bond donors (Lipinski definition) is 3. The van der Waals surface area contributed by atoms with E-state index in [-0.39, 0.29) is 48.9 Å². The summed E-state index contributed by atoms with van der Waals surface area (Å²) < 4.78 is 21.2. The molecule has 6 rings (SSSR count). The maximum atomic E-state index is 15.2. The van der Waals surface area contributed by atoms with E-state index in [4.69, 9.17) is 16.3 Å². The topological polar surface area (TPSA) is 119 Å². The molecular weight excluding hydrogens is 661 g/mol. The predicted molar refractivity (Wildman–Crippen MR) is 188 cm³/mol. The average Bonchev–Trinajstić information content (AvgIpc) is 3.40. The van der Waals surface area contributed by atoms with Crippen LogP contribution < -0.4 is 10.1 Å². The van der Waals surface area contributed by atoms with Crippen molar-refractivity contribution in [2.75, 3.05) is 26.1 Å². The van der Waals surface area contributed by atoms with Crippen molar-refractivity contribution < 1.29 is 33.7 Å². The van der Waals surface area contributed by atoms with E-state index in [0.29, 0.717) is 42.3 Å². The number of alkyl halides is 1. The first kappa shape index (κ1) is 34.7. The van der Waals surface area contributed by atoms with Crippen LogP contribution in [-0.4, -0.2) is 69.9 Å². The number of benzene rings is 4. The van der Waals surface area contributed by atoms with Crippen LogP contribution in [0.4, 0.5) is 4.39 Å². The third-order valence-electron chi connectivity index (χ3n) is 9.03. The summed E-state index contributed by atoms with van der Waals surface area (Å²) in [6.07, 6.45) is 0.976. The molecule has 0 aliphatic carbocycles. The first-order chi connectivity index (χ1) is 24.1. The van der Waals surface area contributed by atoms with E-state index in [9.17, 15) is 24.6 Å². The summed E-state index contributed by atoms with van der Waals surface area (Å²) in [7, 11) is 1.86. The molecule has 0 aromatic heterocycles. The average molecular weight is 698 g/mol. The summed E-state index contributed by atoms with van der Waals surface area (Å²) in [6, 6.07) is 23.9. The van der Waals surface area contributed by atoms with Crippen LogP contribution in [0, 0.1) is 5.82 Å². The number of ether oxygens (including phenoxy) is 1. The minimum absolute atomic E-state index is 0.154. The molecule has 1 fully saturated rings. The summed E-state index contributed by atoms with van der Waals surface area (Å²) >= 11 is 6.26. The van der Waals surface area contributed by atoms with Crippen LogP contribution in [0.15, 0.2) is 84.9 Å². The summed E-state index contributed by atoms with van der Waals surface area (Å²) in [5, 5.41) is 22.1. The zero-order valence-electron chi connectivity index (χ0n) is 27.5. The van der Waals surface area contributed by atoms with E-state index in [1.807, 2.05) is 60.5 Å². The first-order valence-electron chi connectivity index (χ1n) is 16.4. The molecule has 1 atom stereocenters. The quantitative estimate of drug-likeness (QED) is 0.0931. The van der Waals surface area contributed by atoms with Crippen molar-refractivity contribution in [2.24, 2.45) is 0 Å². The molecule has 2 aliphatic heterocycles. The van der Waals surface area contributed by atoms with Gasteiger partial charge >= 0.3 is 0 Å². The second-order valence-electron chi connectivity index (χ2n) is 12.5. The number of carbonyl (C=O) groups is 3. The fraction of sp³-hybridized carbons (Fsp3) is 0.256. The Hall–Kier alpha value is -5.19. The van der Waals surface area contributed by atoms with Crippen molar-refractivity contribution in [1.82, 2.24) is 15.1 Å². The highest BCUT2D eigenvalue weighted by Crippen LogP contribution is 2.36. The number of phenolic OH excluding ortho intramolecular Hbond substituents is 2. The number of nitrogens with one attached hydrogen (secondary N) is 1. The third-order valence-corrected chi connectivity index (χ3v) is 9.22. The lowest BCUT2D eigenvalue weighted by atomic mass is 9.88. The highest BCUT2D eigenvalue weighted by Gasteiger charge is 2.39. The maximum Gasteiger partial charge on any atom is 0.255 e. The second-order valence-corrected chi connectivity index (χ2v) is 12.9. The fourth-order valence-electron chi connectivity index (χ4n) is 6.48. The van der Waals surface area contributed by atoms with Crippen LogP contribution in [0.1, 0.15) is 57.4 Å². The molecule has 0 spiro atoms. The molecule has 3 amide bonds. The summed E-state index contributed by atoms with van der Waals surface area (Å²) in [5.74, 6) is -0.383. The number of carbonyl (C=O) groups excluding carboxylic acids is 3. The normalized spacial score (nSPS) is 16.4. The van der Waals surface area contributed by atoms with Gasteiger partial charge in [0.1, 0.15) is 35.7 Å². The molecule has 258 valence electrons. The molecule has 50 heavy (non-hydrogen) atoms. The third kappa shape index (κ3) is 7.66. The number of likely N-dealkylation sites (N-methyl/N-ethyl adjacent to an activating group) is 1. The molecule has 1 unspecified atom stereocenters. The van der Waals surface area contributed by atoms with Crippen molar-refractivity contribution >= 4 is 40.5 Å². The van der Waals surface area contributed by atoms with Gasteiger partial charge in [-0.2, -0.15) is 0 Å². The lowest BCUT2D eigenvalue weighted by Gasteiger charge is -2.29. The molecule has 1 saturated heterocycles. The van der Waals surface area contributed by atoms with Crippen LogP contribution in [0.5, 0.6) is 17.2 Å². The van der Waals surface area contributed by atoms with Crippen molar-refractivity contribution in [3.8, 4) is 17.2 Å². The molecule has 9 nitrogen and oxygen atoms in total. The lowest BCUT2D eigenvalue weighted by molar-refractivity contribution is -0.136. The molecule has 0 saturated carbocycles. The van der Waals surface area contributed by atoms with Gasteiger partial charge in [-0.05, 0) is 102 Å². The molecule has 11 heteroatoms. The number of hydrogen-bond acceptors (Lipinski definition) is 7. The van der Waals surface area contributed by atoms with Crippen LogP contribution in [-0.2, 0) is 22.7 Å². The maximum absolute atomic E-state index is 15.2. The van der Waals surface area contributed by atoms with Gasteiger partial charge in [0.25, 0.3) is 5.91 Å². The van der Waals surface area contributed by atoms with Gasteiger partial charge in [-0.25, -0.2) is 4.39 Å². The molecule has 3 N–H and O–H groups in total. The van der Waals surface area contributed by atoms with Crippen LogP contribution in [0.2, 0.25) is 0 Å². The summed E-state index contributed by atoms with van der Waals surface area (Å²) in [5.41, 5.74) is 6.02. The number of aromatic hydroxyl groups is 2. The van der Waals surface area contributed by atoms with E-state index >= 15 is 4.39 Å². The lowest BCUT2D eigenvalue weighted by Crippen LogP contribution is -2.52. The molecular formula is C39H37ClFN3O6. The van der Waals surface area contributed by atoms with Crippen molar-refractivity contribution in [3.05, 3.63) is 124 Å². The minimum atomic E-state index is -0.754. The Labute approximate surface area is 294 Å². The van der Waals surface area contributed by atoms with E-state index in [1.54, 1.807) is 30.3 Å². The van der Waals surface area contributed by atoms with E-state index in [0.717, 1.165) is 27.8 Å². The molecule has 0 radical (unpaired) electrons. The number of halogens is 2. The Kier molecular flexibility index (Phi) is 10.5. The highest BCUT2D eigenvalue weighted by molar-refractivity contribution is 6.18.